The number of carboxylic acids is 1. The summed E-state index contributed by atoms with van der Waals surface area (Å²) < 4.78 is 51.4. The Labute approximate surface area is 705 Å². The number of nitrogens with one attached hydrogen (secondary N) is 10. The number of rotatable bonds is 30. The Bertz CT molecular complexity index is 4650. The summed E-state index contributed by atoms with van der Waals surface area (Å²) in [4.78, 5) is 138. The van der Waals surface area contributed by atoms with E-state index in [0.29, 0.717) is 13.1 Å². The van der Waals surface area contributed by atoms with Crippen LogP contribution in [0.2, 0.25) is 10.0 Å². The average molecular weight is 1760 g/mol. The Morgan fingerprint density at radius 3 is 1.91 bits per heavy atom. The first-order chi connectivity index (χ1) is 57.3. The Kier molecular flexibility index (Phi) is 32.2. The first-order valence-corrected chi connectivity index (χ1v) is 42.3. The summed E-state index contributed by atoms with van der Waals surface area (Å²) in [5.41, 5.74) is 0.545. The van der Waals surface area contributed by atoms with E-state index < -0.39 is 269 Å². The van der Waals surface area contributed by atoms with E-state index in [-0.39, 0.29) is 40.7 Å². The van der Waals surface area contributed by atoms with Gasteiger partial charge in [0, 0.05) is 48.3 Å². The molecule has 12 rings (SSSR count). The molecule has 41 heteroatoms. The lowest BCUT2D eigenvalue weighted by Crippen LogP contribution is -2.65. The number of aliphatic carboxylic acids is 1. The summed E-state index contributed by atoms with van der Waals surface area (Å²) >= 11 is 14.3. The van der Waals surface area contributed by atoms with Crippen molar-refractivity contribution in [2.75, 3.05) is 39.6 Å². The number of hydrogen-bond donors (Lipinski definition) is 23. The third-order valence-corrected chi connectivity index (χ3v) is 22.9. The molecular weight excluding hydrogens is 1650 g/mol. The summed E-state index contributed by atoms with van der Waals surface area (Å²) in [7, 11) is -3.38. The van der Waals surface area contributed by atoms with Gasteiger partial charge in [0.05, 0.1) is 53.2 Å². The number of fused-ring (bicyclic) bond motifs is 15. The molecule has 7 heterocycles. The molecule has 2 saturated heterocycles. The van der Waals surface area contributed by atoms with Gasteiger partial charge in [0.1, 0.15) is 89.5 Å². The smallest absolute Gasteiger partial charge is 0.339 e. The van der Waals surface area contributed by atoms with E-state index in [1.165, 1.54) is 51.3 Å². The molecule has 0 saturated carbocycles. The van der Waals surface area contributed by atoms with Gasteiger partial charge >= 0.3 is 13.6 Å². The molecule has 11 bridgehead atoms. The fourth-order valence-corrected chi connectivity index (χ4v) is 16.0. The van der Waals surface area contributed by atoms with Crippen molar-refractivity contribution in [2.24, 2.45) is 11.7 Å². The molecule has 121 heavy (non-hydrogen) atoms. The van der Waals surface area contributed by atoms with E-state index in [9.17, 15) is 79.8 Å². The van der Waals surface area contributed by atoms with E-state index >= 15 is 24.0 Å². The lowest BCUT2D eigenvalue weighted by Gasteiger charge is -2.48. The molecule has 2 fully saturated rings. The minimum Gasteiger partial charge on any atom is -0.507 e. The van der Waals surface area contributed by atoms with Crippen LogP contribution in [0.15, 0.2) is 72.8 Å². The molecule has 5 aromatic carbocycles. The normalized spacial score (nSPS) is 26.7. The van der Waals surface area contributed by atoms with Gasteiger partial charge in [0.25, 0.3) is 0 Å². The topological polar surface area (TPSA) is 598 Å². The molecule has 0 aliphatic carbocycles. The quantitative estimate of drug-likeness (QED) is 0.0232. The average Bonchev–Trinajstić information content (AvgIpc) is 1.36. The van der Waals surface area contributed by atoms with Crippen LogP contribution in [-0.2, 0) is 63.7 Å². The number of aliphatic hydroxyl groups is 6. The number of halogens is 2. The number of carbonyl (C=O) groups excluding carboxylic acids is 7. The number of primary amides is 1. The number of ether oxygens (including phenoxy) is 6. The molecule has 7 amide bonds. The van der Waals surface area contributed by atoms with E-state index in [1.54, 1.807) is 13.8 Å². The number of aliphatic hydroxyl groups excluding tert-OH is 6. The third-order valence-electron chi connectivity index (χ3n) is 21.7. The standard InChI is InChI=1S/C80H106Cl2N11O27P/c1-7-8-9-10-11-12-13-14-21-85-22-23-87-80(5)32-57(115-37(4)71(80)103)119-70-68(102)67(101)55(34-94)118-79(70)120-69-53-28-41-29-54(69)117-52-20-17-40(27-46(52)82)65(99)63-77(109)91-61(78(110)111)43-30-50(96)44(33-86-35-121(112,113)114)66(100)58(43)42-25-38(15-18-49(42)95)59(74(106)93-63)90-75(107)60(41)89-73(105)48(31-56(83)97)88-76(108)62(92-72(104)47(84-6)24-36(2)3)64(98)39-16-19-51(116-53)45(81)26-39/h15-20,25-30,36-37,47-48,55,57,59-65,67-68,70-71,79,84-87,94-96,98-103H,7-14,21-24,31-35H2,1-6H3,(H2,83,97)(H,88,108)(H,89,105)(H,90,107)(H,91,109)(H,92,104)(H,93,106)(H,110,111)(H2,112,113,114)/t37-,47+,48-,55+,57-,59+,60+,61?,62+,63-,64+,65+,67+,68-,70+,71+,79-,80-/m0/s1. The molecular formula is C80H106Cl2N11O27P. The third kappa shape index (κ3) is 23.0. The second-order valence-electron chi connectivity index (χ2n) is 31.3. The van der Waals surface area contributed by atoms with Crippen molar-refractivity contribution < 1.29 is 132 Å². The van der Waals surface area contributed by atoms with Crippen LogP contribution in [0.3, 0.4) is 0 Å². The number of likely N-dealkylation sites (N-methyl/N-ethyl adjacent to an activating group) is 1. The Morgan fingerprint density at radius 1 is 0.694 bits per heavy atom. The van der Waals surface area contributed by atoms with Crippen molar-refractivity contribution in [1.29, 1.82) is 0 Å². The molecule has 7 aliphatic rings. The number of phenols is 3. The van der Waals surface area contributed by atoms with Gasteiger partial charge in [-0.25, -0.2) is 4.79 Å². The van der Waals surface area contributed by atoms with Gasteiger partial charge in [-0.2, -0.15) is 0 Å². The highest BCUT2D eigenvalue weighted by Gasteiger charge is 2.52. The van der Waals surface area contributed by atoms with Crippen LogP contribution in [0.25, 0.3) is 11.1 Å². The first-order valence-electron chi connectivity index (χ1n) is 39.7. The van der Waals surface area contributed by atoms with Crippen LogP contribution in [0, 0.1) is 5.92 Å². The first kappa shape index (κ1) is 94.1. The minimum absolute atomic E-state index is 0.123. The summed E-state index contributed by atoms with van der Waals surface area (Å²) in [6.45, 7) is 8.98. The SMILES string of the molecule is CCCCCCCCCCNCCN[C@@]1(C)C[C@H](O[C@H]2[C@H](Oc3c4cc5cc3Oc3ccc(cc3Cl)[C@@H](O)[C@@H](NC(=O)[C@@H](CC(C)C)NC)C(=O)N[C@@H](CC(N)=O)C(=O)N[C@H]5C(=O)N[C@H]3C(=O)N[C@H](C(=O)NC(C(=O)O)c5cc(O)c(CNCP(=O)(O)O)c(O)c5-c5cc3ccc5O)[C@H](O)c3ccc(c(Cl)c3)O4)O[C@H](CO)[C@@H](O)[C@@H]2O)O[C@@H](C)[C@H]1O. The molecule has 0 spiro atoms. The Morgan fingerprint density at radius 2 is 1.31 bits per heavy atom. The predicted molar refractivity (Wildman–Crippen MR) is 432 cm³/mol. The fourth-order valence-electron chi connectivity index (χ4n) is 15.2. The van der Waals surface area contributed by atoms with Crippen molar-refractivity contribution >= 4 is 78.1 Å². The molecule has 0 aromatic heterocycles. The van der Waals surface area contributed by atoms with E-state index in [0.717, 1.165) is 86.5 Å². The van der Waals surface area contributed by atoms with Crippen LogP contribution >= 0.6 is 30.8 Å². The number of unbranched alkanes of at least 4 members (excludes halogenated alkanes) is 7. The predicted octanol–water partition coefficient (Wildman–Crippen LogP) is 2.69. The van der Waals surface area contributed by atoms with Crippen LogP contribution in [0.1, 0.15) is 169 Å². The summed E-state index contributed by atoms with van der Waals surface area (Å²) in [6.07, 6.45) is -10.6. The lowest BCUT2D eigenvalue weighted by molar-refractivity contribution is -0.334. The molecule has 5 aromatic rings. The number of carboxylic acid groups (broad SMARTS) is 1. The van der Waals surface area contributed by atoms with E-state index in [4.69, 9.17) is 57.4 Å². The fraction of sp³-hybridized carbons (Fsp3) is 0.525. The Hall–Kier alpha value is -9.13. The number of nitrogens with two attached hydrogens (primary N) is 1. The second kappa shape index (κ2) is 41.4. The number of phenolic OH excluding ortho intramolecular Hbond substituents is 3. The van der Waals surface area contributed by atoms with Crippen molar-refractivity contribution in [3.63, 3.8) is 0 Å². The van der Waals surface area contributed by atoms with Gasteiger partial charge in [-0.05, 0) is 123 Å². The zero-order valence-electron chi connectivity index (χ0n) is 67.1. The van der Waals surface area contributed by atoms with Gasteiger partial charge in [-0.1, -0.05) is 107 Å². The maximum atomic E-state index is 16.3. The zero-order chi connectivity index (χ0) is 88.2. The van der Waals surface area contributed by atoms with E-state index in [1.807, 2.05) is 13.8 Å². The maximum Gasteiger partial charge on any atom is 0.339 e. The molecule has 38 nitrogen and oxygen atoms in total. The number of carbonyl (C=O) groups is 8. The molecule has 24 N–H and O–H groups in total. The number of hydrogen-bond acceptors (Lipinski definition) is 28. The maximum absolute atomic E-state index is 16.3. The molecule has 0 radical (unpaired) electrons. The minimum atomic E-state index is -4.85. The van der Waals surface area contributed by atoms with Crippen molar-refractivity contribution in [1.82, 2.24) is 53.2 Å². The second-order valence-corrected chi connectivity index (χ2v) is 33.7. The molecule has 662 valence electrons. The molecule has 1 unspecified atom stereocenters. The van der Waals surface area contributed by atoms with E-state index in [2.05, 4.69) is 60.1 Å². The van der Waals surface area contributed by atoms with Crippen LogP contribution in [-0.4, -0.2) is 227 Å². The highest BCUT2D eigenvalue weighted by atomic mass is 35.5. The Balaban J connectivity index is 1.17. The number of benzene rings is 5. The molecule has 7 aliphatic heterocycles. The van der Waals surface area contributed by atoms with Crippen molar-refractivity contribution in [2.45, 2.75) is 221 Å². The number of aromatic hydroxyl groups is 3. The van der Waals surface area contributed by atoms with Crippen molar-refractivity contribution in [3.8, 4) is 57.1 Å². The van der Waals surface area contributed by atoms with Gasteiger partial charge in [0.15, 0.2) is 29.9 Å². The highest BCUT2D eigenvalue weighted by molar-refractivity contribution is 7.51. The van der Waals surface area contributed by atoms with Gasteiger partial charge in [0.2, 0.25) is 53.4 Å². The summed E-state index contributed by atoms with van der Waals surface area (Å²) in [6, 6.07) is -2.39. The van der Waals surface area contributed by atoms with Gasteiger partial charge in [-0.3, -0.25) is 38.1 Å². The van der Waals surface area contributed by atoms with Gasteiger partial charge < -0.3 is 148 Å². The lowest BCUT2D eigenvalue weighted by atomic mass is 9.85. The molecule has 18 atom stereocenters. The van der Waals surface area contributed by atoms with Crippen molar-refractivity contribution in [3.05, 3.63) is 116 Å². The zero-order valence-corrected chi connectivity index (χ0v) is 69.5. The monoisotopic (exact) mass is 1750 g/mol. The largest absolute Gasteiger partial charge is 0.507 e. The summed E-state index contributed by atoms with van der Waals surface area (Å²) in [5, 5.41) is 144. The van der Waals surface area contributed by atoms with Crippen LogP contribution in [0.4, 0.5) is 0 Å². The van der Waals surface area contributed by atoms with Crippen LogP contribution < -0.4 is 73.1 Å². The van der Waals surface area contributed by atoms with Crippen LogP contribution in [0.5, 0.6) is 46.0 Å². The van der Waals surface area contributed by atoms with Gasteiger partial charge in [-0.15, -0.1) is 0 Å². The highest BCUT2D eigenvalue weighted by Crippen LogP contribution is 2.51. The number of amides is 7. The summed E-state index contributed by atoms with van der Waals surface area (Å²) in [5.74, 6) is -17.1.